The second kappa shape index (κ2) is 15.8. The third kappa shape index (κ3) is 6.61. The van der Waals surface area contributed by atoms with E-state index in [1.807, 2.05) is 0 Å². The first kappa shape index (κ1) is 37.3. The summed E-state index contributed by atoms with van der Waals surface area (Å²) in [5.41, 5.74) is 16.3. The fourth-order valence-electron chi connectivity index (χ4n) is 9.67. The fraction of sp³-hybridized carbons (Fsp3) is 0. The number of para-hydroxylation sites is 1. The lowest BCUT2D eigenvalue weighted by Gasteiger charge is -2.26. The number of hydrogen-bond donors (Lipinski definition) is 0. The molecule has 1 heterocycles. The van der Waals surface area contributed by atoms with Gasteiger partial charge in [-0.05, 0) is 139 Å². The molecule has 0 bridgehead atoms. The molecule has 64 heavy (non-hydrogen) atoms. The number of fused-ring (bicyclic) bond motifs is 5. The highest BCUT2D eigenvalue weighted by atomic mass is 15.1. The summed E-state index contributed by atoms with van der Waals surface area (Å²) >= 11 is 0. The molecule has 0 aliphatic rings. The molecule has 0 amide bonds. The molecular weight excluding hydrogens is 773 g/mol. The average Bonchev–Trinajstić information content (AvgIpc) is 3.72. The lowest BCUT2D eigenvalue weighted by molar-refractivity contribution is 1.18. The van der Waals surface area contributed by atoms with Gasteiger partial charge in [0.05, 0.1) is 11.0 Å². The van der Waals surface area contributed by atoms with Crippen LogP contribution < -0.4 is 4.90 Å². The van der Waals surface area contributed by atoms with Crippen molar-refractivity contribution in [3.05, 3.63) is 255 Å². The van der Waals surface area contributed by atoms with Crippen molar-refractivity contribution in [2.45, 2.75) is 0 Å². The van der Waals surface area contributed by atoms with E-state index < -0.39 is 0 Å². The molecule has 0 aliphatic heterocycles. The van der Waals surface area contributed by atoms with Crippen LogP contribution in [0, 0.1) is 0 Å². The van der Waals surface area contributed by atoms with E-state index in [1.54, 1.807) is 0 Å². The molecule has 0 atom stereocenters. The standard InChI is InChI=1S/C62H42N2/c1-3-16-47(17-4-1)57-24-12-26-59-61(57)62-58(25-13-27-60(62)64(59)53-21-5-2-6-22-53)52-20-11-23-56(42-52)63(54-36-32-45(33-37-54)50-30-28-43-14-7-9-18-48(43)40-50)55-38-34-46(35-39-55)51-31-29-44-15-8-10-19-49(44)41-51/h1-42H. The smallest absolute Gasteiger partial charge is 0.0547 e. The van der Waals surface area contributed by atoms with Gasteiger partial charge in [-0.15, -0.1) is 0 Å². The predicted octanol–water partition coefficient (Wildman–Crippen LogP) is 17.2. The van der Waals surface area contributed by atoms with Crippen molar-refractivity contribution in [1.82, 2.24) is 4.57 Å². The highest BCUT2D eigenvalue weighted by Crippen LogP contribution is 2.45. The van der Waals surface area contributed by atoms with Crippen molar-refractivity contribution in [3.8, 4) is 50.2 Å². The van der Waals surface area contributed by atoms with E-state index in [1.165, 1.54) is 82.3 Å². The van der Waals surface area contributed by atoms with E-state index >= 15 is 0 Å². The van der Waals surface area contributed by atoms with Gasteiger partial charge in [0, 0.05) is 33.5 Å². The topological polar surface area (TPSA) is 8.17 Å². The maximum Gasteiger partial charge on any atom is 0.0547 e. The number of rotatable bonds is 8. The van der Waals surface area contributed by atoms with Crippen LogP contribution in [-0.2, 0) is 0 Å². The average molecular weight is 815 g/mol. The van der Waals surface area contributed by atoms with Crippen molar-refractivity contribution >= 4 is 60.4 Å². The second-order valence-corrected chi connectivity index (χ2v) is 16.5. The van der Waals surface area contributed by atoms with Gasteiger partial charge in [0.2, 0.25) is 0 Å². The molecule has 1 aromatic heterocycles. The van der Waals surface area contributed by atoms with Gasteiger partial charge in [-0.3, -0.25) is 0 Å². The van der Waals surface area contributed by atoms with Gasteiger partial charge in [-0.2, -0.15) is 0 Å². The molecule has 12 aromatic rings. The lowest BCUT2D eigenvalue weighted by atomic mass is 9.94. The molecular formula is C62H42N2. The minimum Gasteiger partial charge on any atom is -0.310 e. The number of aromatic nitrogens is 1. The van der Waals surface area contributed by atoms with Crippen molar-refractivity contribution in [2.24, 2.45) is 0 Å². The van der Waals surface area contributed by atoms with Crippen molar-refractivity contribution in [3.63, 3.8) is 0 Å². The number of anilines is 3. The first-order valence-electron chi connectivity index (χ1n) is 22.0. The Morgan fingerprint density at radius 2 is 0.688 bits per heavy atom. The fourth-order valence-corrected chi connectivity index (χ4v) is 9.67. The molecule has 0 aliphatic carbocycles. The molecule has 0 spiro atoms. The van der Waals surface area contributed by atoms with Crippen LogP contribution in [0.2, 0.25) is 0 Å². The van der Waals surface area contributed by atoms with Crippen LogP contribution >= 0.6 is 0 Å². The summed E-state index contributed by atoms with van der Waals surface area (Å²) in [6, 6.07) is 92.7. The molecule has 0 N–H and O–H groups in total. The monoisotopic (exact) mass is 814 g/mol. The zero-order chi connectivity index (χ0) is 42.4. The molecule has 2 nitrogen and oxygen atoms in total. The number of hydrogen-bond acceptors (Lipinski definition) is 1. The van der Waals surface area contributed by atoms with E-state index in [0.717, 1.165) is 28.3 Å². The molecule has 11 aromatic carbocycles. The Balaban J connectivity index is 1.02. The SMILES string of the molecule is c1ccc(-c2cccc3c2c2c(-c4cccc(N(c5ccc(-c6ccc7ccccc7c6)cc5)c5ccc(-c6ccc7ccccc7c6)cc5)c4)cccc2n3-c2ccccc2)cc1. The van der Waals surface area contributed by atoms with Gasteiger partial charge in [-0.25, -0.2) is 0 Å². The maximum atomic E-state index is 2.42. The highest BCUT2D eigenvalue weighted by Gasteiger charge is 2.21. The predicted molar refractivity (Wildman–Crippen MR) is 272 cm³/mol. The van der Waals surface area contributed by atoms with Gasteiger partial charge in [0.15, 0.2) is 0 Å². The van der Waals surface area contributed by atoms with E-state index in [4.69, 9.17) is 0 Å². The third-order valence-electron chi connectivity index (χ3n) is 12.7. The van der Waals surface area contributed by atoms with E-state index in [9.17, 15) is 0 Å². The number of nitrogens with zero attached hydrogens (tertiary/aromatic N) is 2. The molecule has 0 saturated carbocycles. The molecule has 12 rings (SSSR count). The molecule has 0 unspecified atom stereocenters. The molecule has 0 fully saturated rings. The number of benzene rings is 11. The quantitative estimate of drug-likeness (QED) is 0.148. The van der Waals surface area contributed by atoms with E-state index in [-0.39, 0.29) is 0 Å². The van der Waals surface area contributed by atoms with Crippen LogP contribution in [0.4, 0.5) is 17.1 Å². The highest BCUT2D eigenvalue weighted by molar-refractivity contribution is 6.20. The van der Waals surface area contributed by atoms with Crippen LogP contribution in [0.3, 0.4) is 0 Å². The van der Waals surface area contributed by atoms with Crippen LogP contribution in [0.15, 0.2) is 255 Å². The summed E-state index contributed by atoms with van der Waals surface area (Å²) in [7, 11) is 0. The zero-order valence-corrected chi connectivity index (χ0v) is 35.1. The van der Waals surface area contributed by atoms with Gasteiger partial charge in [0.1, 0.15) is 0 Å². The van der Waals surface area contributed by atoms with Gasteiger partial charge >= 0.3 is 0 Å². The van der Waals surface area contributed by atoms with Crippen LogP contribution in [-0.4, -0.2) is 4.57 Å². The molecule has 0 saturated heterocycles. The first-order valence-corrected chi connectivity index (χ1v) is 22.0. The lowest BCUT2D eigenvalue weighted by Crippen LogP contribution is -2.10. The Labute approximate surface area is 373 Å². The Kier molecular flexibility index (Phi) is 9.20. The van der Waals surface area contributed by atoms with Crippen LogP contribution in [0.5, 0.6) is 0 Å². The first-order chi connectivity index (χ1) is 31.7. The Morgan fingerprint density at radius 1 is 0.250 bits per heavy atom. The maximum absolute atomic E-state index is 2.42. The Bertz CT molecular complexity index is 3520. The van der Waals surface area contributed by atoms with Crippen molar-refractivity contribution in [1.29, 1.82) is 0 Å². The normalized spacial score (nSPS) is 11.4. The minimum atomic E-state index is 1.08. The minimum absolute atomic E-state index is 1.08. The summed E-state index contributed by atoms with van der Waals surface area (Å²) < 4.78 is 2.42. The van der Waals surface area contributed by atoms with E-state index in [2.05, 4.69) is 264 Å². The third-order valence-corrected chi connectivity index (χ3v) is 12.7. The second-order valence-electron chi connectivity index (χ2n) is 16.5. The molecule has 300 valence electrons. The van der Waals surface area contributed by atoms with Crippen molar-refractivity contribution in [2.75, 3.05) is 4.90 Å². The van der Waals surface area contributed by atoms with Crippen LogP contribution in [0.1, 0.15) is 0 Å². The summed E-state index contributed by atoms with van der Waals surface area (Å²) in [5.74, 6) is 0. The van der Waals surface area contributed by atoms with Gasteiger partial charge in [0.25, 0.3) is 0 Å². The Hall–Kier alpha value is -8.46. The largest absolute Gasteiger partial charge is 0.310 e. The van der Waals surface area contributed by atoms with Crippen LogP contribution in [0.25, 0.3) is 93.5 Å². The molecule has 2 heteroatoms. The summed E-state index contributed by atoms with van der Waals surface area (Å²) in [4.78, 5) is 2.39. The zero-order valence-electron chi connectivity index (χ0n) is 35.1. The summed E-state index contributed by atoms with van der Waals surface area (Å²) in [5, 5.41) is 7.47. The van der Waals surface area contributed by atoms with Gasteiger partial charge in [-0.1, -0.05) is 182 Å². The summed E-state index contributed by atoms with van der Waals surface area (Å²) in [6.07, 6.45) is 0. The molecule has 0 radical (unpaired) electrons. The Morgan fingerprint density at radius 3 is 1.23 bits per heavy atom. The summed E-state index contributed by atoms with van der Waals surface area (Å²) in [6.45, 7) is 0. The van der Waals surface area contributed by atoms with Crippen molar-refractivity contribution < 1.29 is 0 Å². The van der Waals surface area contributed by atoms with E-state index in [0.29, 0.717) is 0 Å². The van der Waals surface area contributed by atoms with Gasteiger partial charge < -0.3 is 9.47 Å².